The van der Waals surface area contributed by atoms with E-state index in [9.17, 15) is 50.5 Å². The molecule has 18 nitrogen and oxygen atoms in total. The maximum Gasteiger partial charge on any atom is 0.289 e. The minimum absolute atomic E-state index is 0.00463. The molecule has 0 bridgehead atoms. The summed E-state index contributed by atoms with van der Waals surface area (Å²) in [5, 5.41) is 1.08. The van der Waals surface area contributed by atoms with Gasteiger partial charge in [0.15, 0.2) is 0 Å². The van der Waals surface area contributed by atoms with Gasteiger partial charge in [0.05, 0.1) is 73.8 Å². The van der Waals surface area contributed by atoms with Crippen LogP contribution in [0.15, 0.2) is 24.1 Å². The smallest absolute Gasteiger partial charge is 0.270 e. The molecule has 4 unspecified atom stereocenters. The first kappa shape index (κ1) is 48.0. The predicted molar refractivity (Wildman–Crippen MR) is 187 cm³/mol. The second-order valence-electron chi connectivity index (χ2n) is 12.1. The van der Waals surface area contributed by atoms with Gasteiger partial charge in [-0.3, -0.25) is 25.1 Å². The molecule has 24 heteroatoms. The standard InChI is InChI=1S/2C5H10O3S.C5H8O3S.2C4H8O3S.C4H6O3S/c1-5-2-3-8-9(6,7)4-5;2*1-2-5-3-8-9(6,7)4-5;1-4-2-7-8(5,6)3-4;2*5-8(6)4-2-1-3-7-8/h2*5H,2-4H2,1H3;2,5H,1,3-4H2;4H,2-3H2,1H3;1-4H2;2,4H,1,3H2. The molecule has 0 saturated carbocycles. The van der Waals surface area contributed by atoms with E-state index in [0.717, 1.165) is 31.1 Å². The van der Waals surface area contributed by atoms with Gasteiger partial charge in [0.25, 0.3) is 60.7 Å². The van der Waals surface area contributed by atoms with Crippen molar-refractivity contribution in [1.82, 2.24) is 0 Å². The molecule has 0 amide bonds. The molecule has 6 heterocycles. The van der Waals surface area contributed by atoms with Crippen molar-refractivity contribution >= 4 is 60.7 Å². The zero-order chi connectivity index (χ0) is 39.0. The highest BCUT2D eigenvalue weighted by Gasteiger charge is 2.28. The Hall–Kier alpha value is -1.06. The molecular weight excluding hydrogens is 805 g/mol. The van der Waals surface area contributed by atoms with Gasteiger partial charge in [0, 0.05) is 5.92 Å². The van der Waals surface area contributed by atoms with Crippen LogP contribution < -0.4 is 0 Å². The van der Waals surface area contributed by atoms with Crippen LogP contribution in [0.25, 0.3) is 0 Å². The third kappa shape index (κ3) is 23.4. The normalized spacial score (nSPS) is 31.4. The summed E-state index contributed by atoms with van der Waals surface area (Å²) in [7, 11) is -18.9. The zero-order valence-corrected chi connectivity index (χ0v) is 33.8. The van der Waals surface area contributed by atoms with Crippen molar-refractivity contribution in [3.05, 3.63) is 24.1 Å². The Morgan fingerprint density at radius 3 is 1.39 bits per heavy atom. The Morgan fingerprint density at radius 1 is 0.608 bits per heavy atom. The van der Waals surface area contributed by atoms with Crippen LogP contribution in [-0.4, -0.2) is 119 Å². The molecule has 0 spiro atoms. The molecule has 0 aromatic rings. The monoisotopic (exact) mass is 854 g/mol. The molecule has 6 aliphatic heterocycles. The Kier molecular flexibility index (Phi) is 20.4. The van der Waals surface area contributed by atoms with Crippen LogP contribution in [0.2, 0.25) is 0 Å². The van der Waals surface area contributed by atoms with Crippen LogP contribution in [0.3, 0.4) is 0 Å². The van der Waals surface area contributed by atoms with Crippen LogP contribution in [0.1, 0.15) is 52.9 Å². The maximum absolute atomic E-state index is 10.6. The summed E-state index contributed by atoms with van der Waals surface area (Å²) >= 11 is 0. The summed E-state index contributed by atoms with van der Waals surface area (Å²) < 4.78 is 153. The molecule has 0 radical (unpaired) electrons. The van der Waals surface area contributed by atoms with Crippen LogP contribution in [0.4, 0.5) is 0 Å². The Morgan fingerprint density at radius 2 is 1.16 bits per heavy atom. The average molecular weight is 855 g/mol. The van der Waals surface area contributed by atoms with Gasteiger partial charge >= 0.3 is 0 Å². The minimum atomic E-state index is -3.26. The molecule has 0 aliphatic carbocycles. The topological polar surface area (TPSA) is 260 Å². The number of hydrogen-bond donors (Lipinski definition) is 0. The quantitative estimate of drug-likeness (QED) is 0.280. The summed E-state index contributed by atoms with van der Waals surface area (Å²) in [6.07, 6.45) is 7.25. The number of hydrogen-bond acceptors (Lipinski definition) is 18. The van der Waals surface area contributed by atoms with Crippen LogP contribution in [0.5, 0.6) is 0 Å². The molecule has 4 atom stereocenters. The van der Waals surface area contributed by atoms with Crippen molar-refractivity contribution in [2.75, 3.05) is 68.4 Å². The van der Waals surface area contributed by atoms with E-state index in [1.165, 1.54) is 0 Å². The van der Waals surface area contributed by atoms with E-state index in [1.807, 2.05) is 20.8 Å². The van der Waals surface area contributed by atoms with E-state index < -0.39 is 60.7 Å². The van der Waals surface area contributed by atoms with Crippen LogP contribution >= 0.6 is 0 Å². The van der Waals surface area contributed by atoms with E-state index in [-0.39, 0.29) is 59.0 Å². The molecule has 5 fully saturated rings. The Labute approximate surface area is 304 Å². The second-order valence-corrected chi connectivity index (χ2v) is 22.1. The van der Waals surface area contributed by atoms with Gasteiger partial charge in [-0.2, -0.15) is 50.5 Å². The Bertz CT molecular complexity index is 1730. The molecule has 6 rings (SSSR count). The van der Waals surface area contributed by atoms with Crippen molar-refractivity contribution in [3.63, 3.8) is 0 Å². The largest absolute Gasteiger partial charge is 0.289 e. The SMILES string of the molecule is C=CC1COS(=O)(=O)C1.CC1CCOS(=O)(=O)C1.CC1COS(=O)(=O)C1.CCC1COS(=O)(=O)C1.O=S1(=O)C=CCCO1.O=S1(=O)CCCCO1. The summed E-state index contributed by atoms with van der Waals surface area (Å²) in [5.74, 6) is 1.56. The third-order valence-corrected chi connectivity index (χ3v) is 15.0. The van der Waals surface area contributed by atoms with E-state index in [1.54, 1.807) is 12.2 Å². The van der Waals surface area contributed by atoms with Gasteiger partial charge in [-0.1, -0.05) is 32.9 Å². The van der Waals surface area contributed by atoms with E-state index >= 15 is 0 Å². The first-order valence-corrected chi connectivity index (χ1v) is 25.3. The first-order chi connectivity index (χ1) is 23.4. The van der Waals surface area contributed by atoms with Gasteiger partial charge in [-0.25, -0.2) is 0 Å². The number of rotatable bonds is 2. The lowest BCUT2D eigenvalue weighted by Crippen LogP contribution is -2.24. The highest BCUT2D eigenvalue weighted by atomic mass is 32.2. The fraction of sp³-hybridized carbons (Fsp3) is 0.852. The van der Waals surface area contributed by atoms with E-state index in [4.69, 9.17) is 0 Å². The summed E-state index contributed by atoms with van der Waals surface area (Å²) in [5.41, 5.74) is 0. The molecule has 5 saturated heterocycles. The van der Waals surface area contributed by atoms with Gasteiger partial charge in [-0.05, 0) is 49.9 Å². The molecule has 302 valence electrons. The van der Waals surface area contributed by atoms with Crippen molar-refractivity contribution in [2.45, 2.75) is 52.9 Å². The fourth-order valence-corrected chi connectivity index (χ4v) is 11.2. The lowest BCUT2D eigenvalue weighted by atomic mass is 10.1. The fourth-order valence-electron chi connectivity index (χ4n) is 4.11. The van der Waals surface area contributed by atoms with Gasteiger partial charge in [0.1, 0.15) is 0 Å². The van der Waals surface area contributed by atoms with Crippen LogP contribution in [-0.2, 0) is 85.8 Å². The molecule has 0 N–H and O–H groups in total. The lowest BCUT2D eigenvalue weighted by molar-refractivity contribution is 0.264. The molecule has 0 aromatic carbocycles. The van der Waals surface area contributed by atoms with Gasteiger partial charge < -0.3 is 0 Å². The van der Waals surface area contributed by atoms with Crippen molar-refractivity contribution in [1.29, 1.82) is 0 Å². The summed E-state index contributed by atoms with van der Waals surface area (Å²) in [6, 6.07) is 0. The van der Waals surface area contributed by atoms with Crippen molar-refractivity contribution < 1.29 is 75.6 Å². The highest BCUT2D eigenvalue weighted by molar-refractivity contribution is 7.89. The van der Waals surface area contributed by atoms with Crippen molar-refractivity contribution in [3.8, 4) is 0 Å². The summed E-state index contributed by atoms with van der Waals surface area (Å²) in [4.78, 5) is 0. The molecule has 51 heavy (non-hydrogen) atoms. The average Bonchev–Trinajstić information content (AvgIpc) is 3.66. The predicted octanol–water partition coefficient (Wildman–Crippen LogP) is 1.25. The molecule has 6 aliphatic rings. The minimum Gasteiger partial charge on any atom is -0.270 e. The Balaban J connectivity index is 0.000000306. The summed E-state index contributed by atoms with van der Waals surface area (Å²) in [6.45, 7) is 11.3. The third-order valence-electron chi connectivity index (χ3n) is 6.94. The van der Waals surface area contributed by atoms with Gasteiger partial charge in [-0.15, -0.1) is 6.58 Å². The van der Waals surface area contributed by atoms with Gasteiger partial charge in [0.2, 0.25) is 0 Å². The van der Waals surface area contributed by atoms with Crippen LogP contribution in [0, 0.1) is 23.7 Å². The lowest BCUT2D eigenvalue weighted by Gasteiger charge is -2.16. The first-order valence-electron chi connectivity index (χ1n) is 15.9. The zero-order valence-electron chi connectivity index (χ0n) is 28.9. The van der Waals surface area contributed by atoms with Crippen molar-refractivity contribution in [2.24, 2.45) is 23.7 Å². The van der Waals surface area contributed by atoms with E-state index in [2.05, 4.69) is 31.7 Å². The molecule has 0 aromatic heterocycles. The highest BCUT2D eigenvalue weighted by Crippen LogP contribution is 2.17. The molecular formula is C27H50O18S6. The van der Waals surface area contributed by atoms with E-state index in [0.29, 0.717) is 39.5 Å². The maximum atomic E-state index is 10.6. The second kappa shape index (κ2) is 21.7.